The standard InChI is InChI=1S/C21H25N3/c1-3-16-6-7-20-18(12-16)19-14-22-10-8-21(19)24(20)11-9-17-5-4-15(2)23-13-17/h4-7,12-13,22H,3,8-11,14H2,1-2H3. The largest absolute Gasteiger partial charge is 0.344 e. The number of aromatic nitrogens is 2. The van der Waals surface area contributed by atoms with Gasteiger partial charge in [-0.15, -0.1) is 0 Å². The molecule has 2 aromatic heterocycles. The van der Waals surface area contributed by atoms with Gasteiger partial charge in [0.15, 0.2) is 0 Å². The molecule has 1 aromatic carbocycles. The van der Waals surface area contributed by atoms with E-state index < -0.39 is 0 Å². The molecule has 0 amide bonds. The molecule has 1 aliphatic rings. The van der Waals surface area contributed by atoms with Gasteiger partial charge in [0.05, 0.1) is 0 Å². The predicted molar refractivity (Wildman–Crippen MR) is 99.4 cm³/mol. The van der Waals surface area contributed by atoms with Crippen LogP contribution in [0.25, 0.3) is 10.9 Å². The molecular formula is C21H25N3. The van der Waals surface area contributed by atoms with Crippen molar-refractivity contribution in [3.8, 4) is 0 Å². The quantitative estimate of drug-likeness (QED) is 0.793. The number of hydrogen-bond acceptors (Lipinski definition) is 2. The van der Waals surface area contributed by atoms with Crippen molar-refractivity contribution in [2.45, 2.75) is 46.2 Å². The van der Waals surface area contributed by atoms with Crippen LogP contribution in [-0.4, -0.2) is 16.1 Å². The fraction of sp³-hybridized carbons (Fsp3) is 0.381. The first kappa shape index (κ1) is 15.4. The SMILES string of the molecule is CCc1ccc2c(c1)c1c(n2CCc2ccc(C)nc2)CCNC1. The number of hydrogen-bond donors (Lipinski definition) is 1. The molecule has 24 heavy (non-hydrogen) atoms. The topological polar surface area (TPSA) is 29.9 Å². The summed E-state index contributed by atoms with van der Waals surface area (Å²) in [6.07, 6.45) is 5.27. The monoisotopic (exact) mass is 319 g/mol. The molecule has 3 heteroatoms. The second-order valence-corrected chi connectivity index (χ2v) is 6.77. The van der Waals surface area contributed by atoms with Crippen LogP contribution in [0, 0.1) is 6.92 Å². The van der Waals surface area contributed by atoms with Gasteiger partial charge < -0.3 is 9.88 Å². The van der Waals surface area contributed by atoms with E-state index in [1.165, 1.54) is 33.3 Å². The number of fused-ring (bicyclic) bond motifs is 3. The van der Waals surface area contributed by atoms with E-state index in [0.29, 0.717) is 0 Å². The van der Waals surface area contributed by atoms with Crippen LogP contribution in [0.1, 0.15) is 35.0 Å². The van der Waals surface area contributed by atoms with Gasteiger partial charge in [-0.3, -0.25) is 4.98 Å². The van der Waals surface area contributed by atoms with Gasteiger partial charge in [-0.25, -0.2) is 0 Å². The van der Waals surface area contributed by atoms with Crippen LogP contribution >= 0.6 is 0 Å². The van der Waals surface area contributed by atoms with E-state index in [4.69, 9.17) is 0 Å². The van der Waals surface area contributed by atoms with E-state index in [1.54, 1.807) is 0 Å². The van der Waals surface area contributed by atoms with Crippen LogP contribution in [-0.2, 0) is 32.4 Å². The van der Waals surface area contributed by atoms with Crippen LogP contribution in [0.15, 0.2) is 36.5 Å². The molecule has 3 heterocycles. The number of rotatable bonds is 4. The molecule has 3 aromatic rings. The lowest BCUT2D eigenvalue weighted by Crippen LogP contribution is -2.24. The maximum absolute atomic E-state index is 4.43. The third-order valence-corrected chi connectivity index (χ3v) is 5.20. The zero-order valence-corrected chi connectivity index (χ0v) is 14.6. The summed E-state index contributed by atoms with van der Waals surface area (Å²) in [4.78, 5) is 4.43. The lowest BCUT2D eigenvalue weighted by atomic mass is 10.0. The van der Waals surface area contributed by atoms with E-state index in [-0.39, 0.29) is 0 Å². The zero-order valence-electron chi connectivity index (χ0n) is 14.6. The van der Waals surface area contributed by atoms with E-state index in [2.05, 4.69) is 52.1 Å². The predicted octanol–water partition coefficient (Wildman–Crippen LogP) is 3.80. The van der Waals surface area contributed by atoms with Crippen LogP contribution in [0.3, 0.4) is 0 Å². The fourth-order valence-electron chi connectivity index (χ4n) is 3.79. The lowest BCUT2D eigenvalue weighted by Gasteiger charge is -2.17. The zero-order chi connectivity index (χ0) is 16.5. The van der Waals surface area contributed by atoms with Crippen molar-refractivity contribution in [3.63, 3.8) is 0 Å². The van der Waals surface area contributed by atoms with Gasteiger partial charge in [-0.1, -0.05) is 19.1 Å². The van der Waals surface area contributed by atoms with Gasteiger partial charge in [0.1, 0.15) is 0 Å². The minimum absolute atomic E-state index is 0.998. The Kier molecular flexibility index (Phi) is 4.11. The molecule has 0 saturated heterocycles. The first-order chi connectivity index (χ1) is 11.8. The van der Waals surface area contributed by atoms with Crippen molar-refractivity contribution in [1.82, 2.24) is 14.9 Å². The third-order valence-electron chi connectivity index (χ3n) is 5.20. The van der Waals surface area contributed by atoms with E-state index >= 15 is 0 Å². The van der Waals surface area contributed by atoms with E-state index in [9.17, 15) is 0 Å². The Morgan fingerprint density at radius 2 is 2.04 bits per heavy atom. The molecule has 0 radical (unpaired) electrons. The highest BCUT2D eigenvalue weighted by molar-refractivity contribution is 5.86. The molecular weight excluding hydrogens is 294 g/mol. The Hall–Kier alpha value is -2.13. The number of pyridine rings is 1. The number of nitrogens with zero attached hydrogens (tertiary/aromatic N) is 2. The molecule has 3 nitrogen and oxygen atoms in total. The summed E-state index contributed by atoms with van der Waals surface area (Å²) in [6, 6.07) is 11.3. The highest BCUT2D eigenvalue weighted by atomic mass is 15.0. The summed E-state index contributed by atoms with van der Waals surface area (Å²) < 4.78 is 2.55. The fourth-order valence-corrected chi connectivity index (χ4v) is 3.79. The minimum atomic E-state index is 0.998. The van der Waals surface area contributed by atoms with Gasteiger partial charge in [0.2, 0.25) is 0 Å². The van der Waals surface area contributed by atoms with Crippen molar-refractivity contribution < 1.29 is 0 Å². The summed E-state index contributed by atoms with van der Waals surface area (Å²) >= 11 is 0. The number of benzene rings is 1. The normalized spacial score (nSPS) is 14.1. The van der Waals surface area contributed by atoms with Gasteiger partial charge in [0.25, 0.3) is 0 Å². The van der Waals surface area contributed by atoms with Gasteiger partial charge in [-0.2, -0.15) is 0 Å². The molecule has 1 aliphatic heterocycles. The van der Waals surface area contributed by atoms with Crippen molar-refractivity contribution in [2.75, 3.05) is 6.54 Å². The van der Waals surface area contributed by atoms with Crippen LogP contribution in [0.2, 0.25) is 0 Å². The number of aryl methyl sites for hydroxylation is 4. The Balaban J connectivity index is 1.72. The smallest absolute Gasteiger partial charge is 0.0486 e. The van der Waals surface area contributed by atoms with Crippen LogP contribution < -0.4 is 5.32 Å². The lowest BCUT2D eigenvalue weighted by molar-refractivity contribution is 0.594. The Bertz CT molecular complexity index is 859. The molecule has 1 N–H and O–H groups in total. The highest BCUT2D eigenvalue weighted by Crippen LogP contribution is 2.30. The molecule has 0 unspecified atom stereocenters. The second-order valence-electron chi connectivity index (χ2n) is 6.77. The molecule has 4 rings (SSSR count). The van der Waals surface area contributed by atoms with Crippen molar-refractivity contribution in [1.29, 1.82) is 0 Å². The maximum Gasteiger partial charge on any atom is 0.0486 e. The average molecular weight is 319 g/mol. The molecule has 0 aliphatic carbocycles. The van der Waals surface area contributed by atoms with Gasteiger partial charge in [-0.05, 0) is 54.7 Å². The van der Waals surface area contributed by atoms with Crippen molar-refractivity contribution in [2.24, 2.45) is 0 Å². The van der Waals surface area contributed by atoms with Crippen LogP contribution in [0.4, 0.5) is 0 Å². The third kappa shape index (κ3) is 2.73. The van der Waals surface area contributed by atoms with E-state index in [1.807, 2.05) is 13.1 Å². The van der Waals surface area contributed by atoms with Crippen LogP contribution in [0.5, 0.6) is 0 Å². The summed E-state index contributed by atoms with van der Waals surface area (Å²) in [7, 11) is 0. The first-order valence-electron chi connectivity index (χ1n) is 9.01. The molecule has 0 bridgehead atoms. The van der Waals surface area contributed by atoms with E-state index in [0.717, 1.165) is 44.6 Å². The summed E-state index contributed by atoms with van der Waals surface area (Å²) in [6.45, 7) is 7.38. The summed E-state index contributed by atoms with van der Waals surface area (Å²) in [5, 5.41) is 4.98. The first-order valence-corrected chi connectivity index (χ1v) is 9.01. The summed E-state index contributed by atoms with van der Waals surface area (Å²) in [5.74, 6) is 0. The Morgan fingerprint density at radius 1 is 1.17 bits per heavy atom. The van der Waals surface area contributed by atoms with Crippen molar-refractivity contribution in [3.05, 3.63) is 64.6 Å². The minimum Gasteiger partial charge on any atom is -0.344 e. The molecule has 0 spiro atoms. The molecule has 0 fully saturated rings. The Morgan fingerprint density at radius 3 is 2.83 bits per heavy atom. The highest BCUT2D eigenvalue weighted by Gasteiger charge is 2.19. The van der Waals surface area contributed by atoms with Gasteiger partial charge >= 0.3 is 0 Å². The number of nitrogens with one attached hydrogen (secondary N) is 1. The second kappa shape index (κ2) is 6.40. The maximum atomic E-state index is 4.43. The van der Waals surface area contributed by atoms with Crippen molar-refractivity contribution >= 4 is 10.9 Å². The summed E-state index contributed by atoms with van der Waals surface area (Å²) in [5.41, 5.74) is 8.25. The Labute approximate surface area is 143 Å². The molecule has 124 valence electrons. The van der Waals surface area contributed by atoms with Gasteiger partial charge in [0, 0.05) is 54.5 Å². The molecule has 0 saturated carbocycles. The molecule has 0 atom stereocenters. The average Bonchev–Trinajstić information content (AvgIpc) is 2.94.